The normalized spacial score (nSPS) is 14.0. The summed E-state index contributed by atoms with van der Waals surface area (Å²) in [5.74, 6) is 0.447. The summed E-state index contributed by atoms with van der Waals surface area (Å²) in [4.78, 5) is 11.9. The van der Waals surface area contributed by atoms with Crippen molar-refractivity contribution in [1.82, 2.24) is 0 Å². The Bertz CT molecular complexity index is 473. The molecule has 0 atom stereocenters. The third kappa shape index (κ3) is 5.27. The van der Waals surface area contributed by atoms with Gasteiger partial charge in [-0.1, -0.05) is 0 Å². The maximum absolute atomic E-state index is 11.9. The number of rotatable bonds is 9. The molecule has 0 unspecified atom stereocenters. The van der Waals surface area contributed by atoms with E-state index < -0.39 is 0 Å². The Morgan fingerprint density at radius 3 is 2.95 bits per heavy atom. The second-order valence-electron chi connectivity index (χ2n) is 5.32. The highest BCUT2D eigenvalue weighted by Crippen LogP contribution is 2.28. The molecule has 0 spiro atoms. The number of nitrogens with one attached hydrogen (secondary N) is 1. The quantitative estimate of drug-likeness (QED) is 0.416. The Morgan fingerprint density at radius 2 is 2.24 bits per heavy atom. The van der Waals surface area contributed by atoms with Gasteiger partial charge in [-0.3, -0.25) is 0 Å². The minimum atomic E-state index is -0.350. The summed E-state index contributed by atoms with van der Waals surface area (Å²) < 4.78 is 10.6. The topological polar surface area (TPSA) is 73.6 Å². The fraction of sp³-hybridized carbons (Fsp3) is 0.562. The maximum atomic E-state index is 11.9. The molecule has 0 amide bonds. The van der Waals surface area contributed by atoms with Crippen molar-refractivity contribution in [3.63, 3.8) is 0 Å². The highest BCUT2D eigenvalue weighted by Gasteiger charge is 2.20. The number of anilines is 2. The summed E-state index contributed by atoms with van der Waals surface area (Å²) in [6.07, 6.45) is 3.53. The van der Waals surface area contributed by atoms with Crippen LogP contribution in [0.5, 0.6) is 0 Å². The van der Waals surface area contributed by atoms with Crippen LogP contribution in [0.4, 0.5) is 11.4 Å². The van der Waals surface area contributed by atoms with Crippen LogP contribution in [0.1, 0.15) is 36.5 Å². The van der Waals surface area contributed by atoms with Crippen LogP contribution in [-0.4, -0.2) is 32.3 Å². The van der Waals surface area contributed by atoms with Crippen LogP contribution in [0.3, 0.4) is 0 Å². The zero-order valence-corrected chi connectivity index (χ0v) is 12.6. The van der Waals surface area contributed by atoms with E-state index in [-0.39, 0.29) is 5.97 Å². The van der Waals surface area contributed by atoms with E-state index in [0.717, 1.165) is 37.8 Å². The second kappa shape index (κ2) is 7.88. The molecule has 3 N–H and O–H groups in total. The first-order valence-electron chi connectivity index (χ1n) is 7.59. The largest absolute Gasteiger partial charge is 0.462 e. The summed E-state index contributed by atoms with van der Waals surface area (Å²) >= 11 is 0. The third-order valence-electron chi connectivity index (χ3n) is 3.37. The fourth-order valence-corrected chi connectivity index (χ4v) is 2.03. The van der Waals surface area contributed by atoms with E-state index in [1.165, 1.54) is 12.8 Å². The van der Waals surface area contributed by atoms with Gasteiger partial charge >= 0.3 is 5.97 Å². The molecule has 5 heteroatoms. The van der Waals surface area contributed by atoms with Crippen molar-refractivity contribution in [2.24, 2.45) is 5.92 Å². The van der Waals surface area contributed by atoms with Gasteiger partial charge in [0.15, 0.2) is 0 Å². The van der Waals surface area contributed by atoms with Crippen LogP contribution < -0.4 is 11.1 Å². The van der Waals surface area contributed by atoms with E-state index >= 15 is 0 Å². The molecule has 2 rings (SSSR count). The molecule has 0 aliphatic heterocycles. The molecule has 21 heavy (non-hydrogen) atoms. The molecule has 0 saturated heterocycles. The molecule has 116 valence electrons. The van der Waals surface area contributed by atoms with Gasteiger partial charge in [-0.2, -0.15) is 0 Å². The molecule has 1 aliphatic carbocycles. The minimum absolute atomic E-state index is 0.349. The van der Waals surface area contributed by atoms with Gasteiger partial charge in [-0.15, -0.1) is 0 Å². The lowest BCUT2D eigenvalue weighted by molar-refractivity contribution is 0.0527. The smallest absolute Gasteiger partial charge is 0.340 e. The molecule has 0 heterocycles. The van der Waals surface area contributed by atoms with Crippen molar-refractivity contribution in [2.45, 2.75) is 26.2 Å². The molecular formula is C16H24N2O3. The molecule has 1 fully saturated rings. The first kappa shape index (κ1) is 15.6. The third-order valence-corrected chi connectivity index (χ3v) is 3.37. The zero-order chi connectivity index (χ0) is 15.1. The van der Waals surface area contributed by atoms with Gasteiger partial charge in [0.05, 0.1) is 12.2 Å². The number of hydrogen-bond donors (Lipinski definition) is 2. The molecular weight excluding hydrogens is 268 g/mol. The highest BCUT2D eigenvalue weighted by atomic mass is 16.5. The van der Waals surface area contributed by atoms with Crippen LogP contribution in [0.15, 0.2) is 18.2 Å². The summed E-state index contributed by atoms with van der Waals surface area (Å²) in [6.45, 7) is 4.51. The fourth-order valence-electron chi connectivity index (χ4n) is 2.03. The highest BCUT2D eigenvalue weighted by molar-refractivity contribution is 5.96. The Kier molecular flexibility index (Phi) is 5.87. The minimum Gasteiger partial charge on any atom is -0.462 e. The number of benzene rings is 1. The van der Waals surface area contributed by atoms with Crippen molar-refractivity contribution in [3.8, 4) is 0 Å². The number of carbonyl (C=O) groups excluding carboxylic acids is 1. The van der Waals surface area contributed by atoms with E-state index in [1.54, 1.807) is 19.1 Å². The Hall–Kier alpha value is -1.75. The lowest BCUT2D eigenvalue weighted by atomic mass is 10.1. The van der Waals surface area contributed by atoms with Crippen LogP contribution >= 0.6 is 0 Å². The Labute approximate surface area is 125 Å². The summed E-state index contributed by atoms with van der Waals surface area (Å²) in [7, 11) is 0. The molecule has 5 nitrogen and oxygen atoms in total. The van der Waals surface area contributed by atoms with E-state index in [0.29, 0.717) is 17.9 Å². The Balaban J connectivity index is 1.78. The van der Waals surface area contributed by atoms with Crippen molar-refractivity contribution in [2.75, 3.05) is 37.4 Å². The summed E-state index contributed by atoms with van der Waals surface area (Å²) in [5, 5.41) is 3.25. The average molecular weight is 292 g/mol. The van der Waals surface area contributed by atoms with Crippen molar-refractivity contribution in [3.05, 3.63) is 23.8 Å². The lowest BCUT2D eigenvalue weighted by Crippen LogP contribution is -2.12. The van der Waals surface area contributed by atoms with E-state index in [9.17, 15) is 4.79 Å². The second-order valence-corrected chi connectivity index (χ2v) is 5.32. The zero-order valence-electron chi connectivity index (χ0n) is 12.6. The molecule has 0 aromatic heterocycles. The predicted molar refractivity (Wildman–Crippen MR) is 83.5 cm³/mol. The molecule has 1 aromatic rings. The summed E-state index contributed by atoms with van der Waals surface area (Å²) in [5.41, 5.74) is 7.52. The monoisotopic (exact) mass is 292 g/mol. The number of carbonyl (C=O) groups is 1. The van der Waals surface area contributed by atoms with E-state index in [1.807, 2.05) is 6.07 Å². The standard InChI is InChI=1S/C16H24N2O3/c1-2-21-16(19)14-10-13(17)6-7-15(14)18-8-3-9-20-11-12-4-5-12/h6-7,10,12,18H,2-5,8-9,11,17H2,1H3. The van der Waals surface area contributed by atoms with Crippen molar-refractivity contribution >= 4 is 17.3 Å². The molecule has 1 saturated carbocycles. The van der Waals surface area contributed by atoms with E-state index in [2.05, 4.69) is 5.32 Å². The molecule has 1 aromatic carbocycles. The molecule has 0 bridgehead atoms. The van der Waals surface area contributed by atoms with Gasteiger partial charge in [-0.05, 0) is 50.3 Å². The number of hydrogen-bond acceptors (Lipinski definition) is 5. The molecule has 1 aliphatic rings. The van der Waals surface area contributed by atoms with Gasteiger partial charge in [0, 0.05) is 31.1 Å². The van der Waals surface area contributed by atoms with Crippen LogP contribution in [0.2, 0.25) is 0 Å². The number of nitrogen functional groups attached to an aromatic ring is 1. The lowest BCUT2D eigenvalue weighted by Gasteiger charge is -2.12. The maximum Gasteiger partial charge on any atom is 0.340 e. The first-order valence-corrected chi connectivity index (χ1v) is 7.59. The number of ether oxygens (including phenoxy) is 2. The Morgan fingerprint density at radius 1 is 1.43 bits per heavy atom. The van der Waals surface area contributed by atoms with Crippen LogP contribution in [0, 0.1) is 5.92 Å². The summed E-state index contributed by atoms with van der Waals surface area (Å²) in [6, 6.07) is 5.23. The van der Waals surface area contributed by atoms with Gasteiger partial charge < -0.3 is 20.5 Å². The van der Waals surface area contributed by atoms with Crippen molar-refractivity contribution < 1.29 is 14.3 Å². The first-order chi connectivity index (χ1) is 10.2. The number of nitrogens with two attached hydrogens (primary N) is 1. The van der Waals surface area contributed by atoms with Gasteiger partial charge in [0.1, 0.15) is 0 Å². The molecule has 0 radical (unpaired) electrons. The predicted octanol–water partition coefficient (Wildman–Crippen LogP) is 2.67. The van der Waals surface area contributed by atoms with Crippen LogP contribution in [0.25, 0.3) is 0 Å². The number of esters is 1. The van der Waals surface area contributed by atoms with Gasteiger partial charge in [0.25, 0.3) is 0 Å². The van der Waals surface area contributed by atoms with Crippen LogP contribution in [-0.2, 0) is 9.47 Å². The average Bonchev–Trinajstić information content (AvgIpc) is 3.28. The van der Waals surface area contributed by atoms with Crippen molar-refractivity contribution in [1.29, 1.82) is 0 Å². The van der Waals surface area contributed by atoms with Gasteiger partial charge in [-0.25, -0.2) is 4.79 Å². The van der Waals surface area contributed by atoms with Gasteiger partial charge in [0.2, 0.25) is 0 Å². The van der Waals surface area contributed by atoms with E-state index in [4.69, 9.17) is 15.2 Å². The SMILES string of the molecule is CCOC(=O)c1cc(N)ccc1NCCCOCC1CC1.